The molecule has 0 saturated heterocycles. The summed E-state index contributed by atoms with van der Waals surface area (Å²) in [6.45, 7) is 4.90. The van der Waals surface area contributed by atoms with Gasteiger partial charge in [0.2, 0.25) is 11.2 Å². The van der Waals surface area contributed by atoms with E-state index in [0.29, 0.717) is 5.95 Å². The van der Waals surface area contributed by atoms with Crippen molar-refractivity contribution in [1.82, 2.24) is 15.0 Å². The van der Waals surface area contributed by atoms with Gasteiger partial charge in [0.1, 0.15) is 0 Å². The van der Waals surface area contributed by atoms with E-state index in [-0.39, 0.29) is 17.3 Å². The van der Waals surface area contributed by atoms with Gasteiger partial charge in [0, 0.05) is 10.9 Å². The summed E-state index contributed by atoms with van der Waals surface area (Å²) in [5.74, 6) is 0.528. The van der Waals surface area contributed by atoms with Gasteiger partial charge in [0.25, 0.3) is 0 Å². The van der Waals surface area contributed by atoms with Crippen molar-refractivity contribution in [3.05, 3.63) is 27.7 Å². The van der Waals surface area contributed by atoms with Crippen LogP contribution in [-0.4, -0.2) is 28.1 Å². The topological polar surface area (TPSA) is 51.1 Å². The summed E-state index contributed by atoms with van der Waals surface area (Å²) in [7, 11) is 1.51. The SMILES string of the molecule is COc1nc(Cl)nc(N(Cc2cccs2)C(C)C)n1. The average Bonchev–Trinajstić information content (AvgIpc) is 2.87. The molecule has 5 nitrogen and oxygen atoms in total. The van der Waals surface area contributed by atoms with Crippen LogP contribution < -0.4 is 9.64 Å². The zero-order chi connectivity index (χ0) is 13.8. The second kappa shape index (κ2) is 6.16. The first kappa shape index (κ1) is 14.0. The number of nitrogens with zero attached hydrogens (tertiary/aromatic N) is 4. The van der Waals surface area contributed by atoms with Gasteiger partial charge >= 0.3 is 6.01 Å². The molecular formula is C12H15ClN4OS. The minimum absolute atomic E-state index is 0.138. The Morgan fingerprint density at radius 3 is 2.74 bits per heavy atom. The Bertz CT molecular complexity index is 533. The number of halogens is 1. The molecule has 2 rings (SSSR count). The van der Waals surface area contributed by atoms with Crippen LogP contribution in [-0.2, 0) is 6.54 Å². The Labute approximate surface area is 121 Å². The van der Waals surface area contributed by atoms with Crippen LogP contribution in [0.4, 0.5) is 5.95 Å². The van der Waals surface area contributed by atoms with Gasteiger partial charge in [-0.2, -0.15) is 15.0 Å². The number of methoxy groups -OCH3 is 1. The Kier molecular flexibility index (Phi) is 4.55. The molecule has 0 amide bonds. The molecule has 0 N–H and O–H groups in total. The largest absolute Gasteiger partial charge is 0.467 e. The highest BCUT2D eigenvalue weighted by atomic mass is 35.5. The van der Waals surface area contributed by atoms with E-state index in [0.717, 1.165) is 6.54 Å². The van der Waals surface area contributed by atoms with Crippen LogP contribution in [0.5, 0.6) is 6.01 Å². The molecule has 0 unspecified atom stereocenters. The van der Waals surface area contributed by atoms with Crippen LogP contribution in [0.25, 0.3) is 0 Å². The lowest BCUT2D eigenvalue weighted by atomic mass is 10.3. The molecule has 2 aromatic heterocycles. The molecule has 2 aromatic rings. The number of anilines is 1. The third-order valence-corrected chi connectivity index (χ3v) is 3.58. The lowest BCUT2D eigenvalue weighted by Crippen LogP contribution is -2.31. The predicted molar refractivity (Wildman–Crippen MR) is 77.0 cm³/mol. The van der Waals surface area contributed by atoms with E-state index in [4.69, 9.17) is 16.3 Å². The Morgan fingerprint density at radius 1 is 1.37 bits per heavy atom. The second-order valence-corrected chi connectivity index (χ2v) is 5.56. The first-order valence-corrected chi connectivity index (χ1v) is 7.10. The quantitative estimate of drug-likeness (QED) is 0.849. The summed E-state index contributed by atoms with van der Waals surface area (Å²) in [5, 5.41) is 2.19. The van der Waals surface area contributed by atoms with Crippen molar-refractivity contribution in [3.8, 4) is 6.01 Å². The summed E-state index contributed by atoms with van der Waals surface area (Å²) in [6.07, 6.45) is 0. The number of hydrogen-bond donors (Lipinski definition) is 0. The molecule has 7 heteroatoms. The lowest BCUT2D eigenvalue weighted by Gasteiger charge is -2.26. The monoisotopic (exact) mass is 298 g/mol. The number of hydrogen-bond acceptors (Lipinski definition) is 6. The van der Waals surface area contributed by atoms with E-state index in [2.05, 4.69) is 45.1 Å². The fourth-order valence-electron chi connectivity index (χ4n) is 1.60. The summed E-state index contributed by atoms with van der Waals surface area (Å²) < 4.78 is 5.03. The van der Waals surface area contributed by atoms with Gasteiger partial charge in [-0.1, -0.05) is 6.07 Å². The zero-order valence-corrected chi connectivity index (χ0v) is 12.6. The molecule has 0 aliphatic rings. The van der Waals surface area contributed by atoms with E-state index >= 15 is 0 Å². The standard InChI is InChI=1S/C12H15ClN4OS/c1-8(2)17(7-9-5-4-6-19-9)11-14-10(13)15-12(16-11)18-3/h4-6,8H,7H2,1-3H3. The van der Waals surface area contributed by atoms with Gasteiger partial charge in [0.05, 0.1) is 13.7 Å². The minimum atomic E-state index is 0.138. The summed E-state index contributed by atoms with van der Waals surface area (Å²) in [6, 6.07) is 4.58. The highest BCUT2D eigenvalue weighted by molar-refractivity contribution is 7.09. The predicted octanol–water partition coefficient (Wildman–Crippen LogP) is 3.01. The molecule has 0 aromatic carbocycles. The van der Waals surface area contributed by atoms with E-state index in [1.807, 2.05) is 6.07 Å². The molecule has 102 valence electrons. The maximum absolute atomic E-state index is 5.89. The van der Waals surface area contributed by atoms with Gasteiger partial charge < -0.3 is 9.64 Å². The summed E-state index contributed by atoms with van der Waals surface area (Å²) in [5.41, 5.74) is 0. The van der Waals surface area contributed by atoms with Gasteiger partial charge in [-0.25, -0.2) is 0 Å². The fourth-order valence-corrected chi connectivity index (χ4v) is 2.45. The van der Waals surface area contributed by atoms with Gasteiger partial charge in [0.15, 0.2) is 0 Å². The van der Waals surface area contributed by atoms with Crippen LogP contribution in [0, 0.1) is 0 Å². The molecule has 0 spiro atoms. The second-order valence-electron chi connectivity index (χ2n) is 4.19. The third-order valence-electron chi connectivity index (χ3n) is 2.54. The highest BCUT2D eigenvalue weighted by Crippen LogP contribution is 2.21. The fraction of sp³-hybridized carbons (Fsp3) is 0.417. The first-order valence-electron chi connectivity index (χ1n) is 5.84. The smallest absolute Gasteiger partial charge is 0.322 e. The first-order chi connectivity index (χ1) is 9.10. The van der Waals surface area contributed by atoms with Crippen molar-refractivity contribution >= 4 is 28.9 Å². The Morgan fingerprint density at radius 2 is 2.16 bits per heavy atom. The zero-order valence-electron chi connectivity index (χ0n) is 11.0. The molecule has 0 radical (unpaired) electrons. The van der Waals surface area contributed by atoms with Crippen molar-refractivity contribution in [2.45, 2.75) is 26.4 Å². The summed E-state index contributed by atoms with van der Waals surface area (Å²) >= 11 is 7.59. The third kappa shape index (κ3) is 3.54. The van der Waals surface area contributed by atoms with Gasteiger partial charge in [-0.15, -0.1) is 11.3 Å². The Balaban J connectivity index is 2.30. The van der Waals surface area contributed by atoms with E-state index in [1.165, 1.54) is 12.0 Å². The average molecular weight is 299 g/mol. The van der Waals surface area contributed by atoms with Crippen molar-refractivity contribution in [1.29, 1.82) is 0 Å². The van der Waals surface area contributed by atoms with Crippen LogP contribution in [0.2, 0.25) is 5.28 Å². The van der Waals surface area contributed by atoms with Crippen molar-refractivity contribution < 1.29 is 4.74 Å². The van der Waals surface area contributed by atoms with E-state index in [1.54, 1.807) is 11.3 Å². The number of rotatable bonds is 5. The molecule has 19 heavy (non-hydrogen) atoms. The van der Waals surface area contributed by atoms with Crippen molar-refractivity contribution in [2.24, 2.45) is 0 Å². The van der Waals surface area contributed by atoms with Gasteiger partial charge in [-0.3, -0.25) is 0 Å². The molecule has 0 atom stereocenters. The van der Waals surface area contributed by atoms with Crippen molar-refractivity contribution in [2.75, 3.05) is 12.0 Å². The van der Waals surface area contributed by atoms with E-state index in [9.17, 15) is 0 Å². The number of ether oxygens (including phenoxy) is 1. The summed E-state index contributed by atoms with van der Waals surface area (Å²) in [4.78, 5) is 15.6. The van der Waals surface area contributed by atoms with Gasteiger partial charge in [-0.05, 0) is 36.9 Å². The lowest BCUT2D eigenvalue weighted by molar-refractivity contribution is 0.377. The number of aromatic nitrogens is 3. The highest BCUT2D eigenvalue weighted by Gasteiger charge is 2.17. The van der Waals surface area contributed by atoms with Crippen molar-refractivity contribution in [3.63, 3.8) is 0 Å². The number of thiophene rings is 1. The van der Waals surface area contributed by atoms with E-state index < -0.39 is 0 Å². The molecule has 0 fully saturated rings. The maximum Gasteiger partial charge on any atom is 0.322 e. The maximum atomic E-state index is 5.89. The normalized spacial score (nSPS) is 10.8. The molecule has 0 saturated carbocycles. The van der Waals surface area contributed by atoms with Crippen LogP contribution in [0.15, 0.2) is 17.5 Å². The minimum Gasteiger partial charge on any atom is -0.467 e. The Hall–Kier alpha value is -1.40. The molecular weight excluding hydrogens is 284 g/mol. The van der Waals surface area contributed by atoms with Crippen LogP contribution >= 0.6 is 22.9 Å². The van der Waals surface area contributed by atoms with Crippen LogP contribution in [0.3, 0.4) is 0 Å². The van der Waals surface area contributed by atoms with Crippen LogP contribution in [0.1, 0.15) is 18.7 Å². The molecule has 0 aliphatic heterocycles. The molecule has 0 aliphatic carbocycles. The molecule has 2 heterocycles. The molecule has 0 bridgehead atoms.